The van der Waals surface area contributed by atoms with Crippen LogP contribution in [0.4, 0.5) is 32.2 Å². The molecule has 1 fully saturated rings. The Labute approximate surface area is 190 Å². The van der Waals surface area contributed by atoms with Crippen LogP contribution >= 0.6 is 15.9 Å². The Morgan fingerprint density at radius 1 is 1.36 bits per heavy atom. The van der Waals surface area contributed by atoms with E-state index < -0.39 is 53.5 Å². The molecule has 0 amide bonds. The number of fused-ring (bicyclic) bond motifs is 2. The molecule has 2 aliphatic heterocycles. The van der Waals surface area contributed by atoms with Crippen molar-refractivity contribution < 1.29 is 50.5 Å². The van der Waals surface area contributed by atoms with Crippen molar-refractivity contribution in [3.63, 3.8) is 0 Å². The second kappa shape index (κ2) is 8.24. The summed E-state index contributed by atoms with van der Waals surface area (Å²) in [7, 11) is 0. The number of carbonyl (C=O) groups is 1. The Kier molecular flexibility index (Phi) is 5.85. The number of aliphatic carboxylic acids is 1. The van der Waals surface area contributed by atoms with Crippen LogP contribution < -0.4 is 14.4 Å². The second-order valence-corrected chi connectivity index (χ2v) is 8.02. The van der Waals surface area contributed by atoms with E-state index in [-0.39, 0.29) is 35.4 Å². The lowest BCUT2D eigenvalue weighted by molar-refractivity contribution is -0.147. The Morgan fingerprint density at radius 3 is 2.73 bits per heavy atom. The van der Waals surface area contributed by atoms with Crippen LogP contribution in [0.2, 0.25) is 0 Å². The van der Waals surface area contributed by atoms with Crippen molar-refractivity contribution in [3.8, 4) is 11.5 Å². The van der Waals surface area contributed by atoms with Gasteiger partial charge in [-0.25, -0.2) is 14.2 Å². The predicted octanol–water partition coefficient (Wildman–Crippen LogP) is 4.53. The number of alkyl halides is 5. The number of carboxylic acid groups (broad SMARTS) is 1. The lowest BCUT2D eigenvalue weighted by Gasteiger charge is -2.42. The number of benzene rings is 1. The Morgan fingerprint density at radius 2 is 2.09 bits per heavy atom. The molecule has 7 nitrogen and oxygen atoms in total. The number of ether oxygens (including phenoxy) is 3. The summed E-state index contributed by atoms with van der Waals surface area (Å²) < 4.78 is 95.5. The van der Waals surface area contributed by atoms with Crippen LogP contribution in [0.15, 0.2) is 28.9 Å². The maximum absolute atomic E-state index is 14.7. The summed E-state index contributed by atoms with van der Waals surface area (Å²) in [4.78, 5) is 16.5. The highest BCUT2D eigenvalue weighted by Gasteiger charge is 2.56. The number of nitrogens with zero attached hydrogens (tertiary/aromatic N) is 2. The first-order valence-corrected chi connectivity index (χ1v) is 10.0. The van der Waals surface area contributed by atoms with Crippen LogP contribution in [0.25, 0.3) is 0 Å². The minimum atomic E-state index is -4.93. The normalized spacial score (nSPS) is 22.4. The summed E-state index contributed by atoms with van der Waals surface area (Å²) in [5.74, 6) is -4.25. The van der Waals surface area contributed by atoms with E-state index in [9.17, 15) is 36.2 Å². The van der Waals surface area contributed by atoms with E-state index in [0.29, 0.717) is 12.3 Å². The average Bonchev–Trinajstić information content (AvgIpc) is 3.09. The van der Waals surface area contributed by atoms with Gasteiger partial charge in [-0.3, -0.25) is 0 Å². The van der Waals surface area contributed by atoms with Crippen LogP contribution in [0, 0.1) is 5.82 Å². The molecule has 1 saturated heterocycles. The maximum atomic E-state index is 14.7. The highest BCUT2D eigenvalue weighted by molar-refractivity contribution is 9.10. The first kappa shape index (κ1) is 23.4. The van der Waals surface area contributed by atoms with Crippen molar-refractivity contribution in [1.82, 2.24) is 4.98 Å². The first-order chi connectivity index (χ1) is 15.5. The number of hydrogen-bond donors (Lipinski definition) is 1. The quantitative estimate of drug-likeness (QED) is 0.568. The summed E-state index contributed by atoms with van der Waals surface area (Å²) in [5.41, 5.74) is -2.78. The largest absolute Gasteiger partial charge is 0.490 e. The van der Waals surface area contributed by atoms with E-state index in [1.54, 1.807) is 0 Å². The van der Waals surface area contributed by atoms with Crippen molar-refractivity contribution in [3.05, 3.63) is 45.8 Å². The summed E-state index contributed by atoms with van der Waals surface area (Å²) >= 11 is 3.02. The van der Waals surface area contributed by atoms with Gasteiger partial charge in [-0.1, -0.05) is 6.07 Å². The summed E-state index contributed by atoms with van der Waals surface area (Å²) in [6, 6.07) is 3.04. The van der Waals surface area contributed by atoms with Gasteiger partial charge < -0.3 is 24.2 Å². The number of anilines is 1. The fourth-order valence-corrected chi connectivity index (χ4v) is 4.25. The zero-order valence-corrected chi connectivity index (χ0v) is 17.8. The monoisotopic (exact) mass is 542 g/mol. The highest BCUT2D eigenvalue weighted by Crippen LogP contribution is 2.51. The lowest BCUT2D eigenvalue weighted by Crippen LogP contribution is -2.52. The van der Waals surface area contributed by atoms with Gasteiger partial charge in [0.15, 0.2) is 23.1 Å². The molecule has 1 aromatic heterocycles. The molecule has 178 valence electrons. The van der Waals surface area contributed by atoms with Gasteiger partial charge in [0.25, 0.3) is 0 Å². The summed E-state index contributed by atoms with van der Waals surface area (Å²) in [6.07, 6.45) is -6.42. The number of rotatable bonds is 4. The summed E-state index contributed by atoms with van der Waals surface area (Å²) in [6.45, 7) is -4.02. The molecule has 3 heterocycles. The Bertz CT molecular complexity index is 1100. The van der Waals surface area contributed by atoms with E-state index in [1.807, 2.05) is 0 Å². The lowest BCUT2D eigenvalue weighted by atomic mass is 9.83. The number of hydrogen-bond acceptors (Lipinski definition) is 6. The van der Waals surface area contributed by atoms with Crippen molar-refractivity contribution >= 4 is 27.7 Å². The van der Waals surface area contributed by atoms with Gasteiger partial charge in [-0.05, 0) is 28.1 Å². The molecule has 2 atom stereocenters. The molecule has 2 aliphatic rings. The molecule has 1 aromatic carbocycles. The van der Waals surface area contributed by atoms with Crippen molar-refractivity contribution in [1.29, 1.82) is 0 Å². The molecule has 1 spiro atoms. The number of carboxylic acids is 1. The van der Waals surface area contributed by atoms with Gasteiger partial charge in [0.1, 0.15) is 5.54 Å². The molecule has 14 heteroatoms. The molecule has 0 bridgehead atoms. The molecule has 2 aromatic rings. The van der Waals surface area contributed by atoms with Gasteiger partial charge in [-0.15, -0.1) is 0 Å². The molecule has 1 unspecified atom stereocenters. The van der Waals surface area contributed by atoms with E-state index in [4.69, 9.17) is 9.47 Å². The van der Waals surface area contributed by atoms with Gasteiger partial charge >= 0.3 is 18.8 Å². The molecule has 1 N–H and O–H groups in total. The van der Waals surface area contributed by atoms with Crippen LogP contribution in [0.5, 0.6) is 11.5 Å². The first-order valence-electron chi connectivity index (χ1n) is 9.23. The van der Waals surface area contributed by atoms with E-state index in [2.05, 4.69) is 25.7 Å². The molecule has 0 saturated carbocycles. The number of halogens is 7. The highest BCUT2D eigenvalue weighted by atomic mass is 79.9. The molecule has 0 radical (unpaired) electrons. The molecule has 4 rings (SSSR count). The van der Waals surface area contributed by atoms with E-state index in [1.165, 1.54) is 12.1 Å². The third-order valence-electron chi connectivity index (χ3n) is 5.30. The zero-order valence-electron chi connectivity index (χ0n) is 16.2. The Hall–Kier alpha value is -2.74. The Balaban J connectivity index is 1.95. The minimum Gasteiger partial charge on any atom is -0.490 e. The topological polar surface area (TPSA) is 81.1 Å². The smallest absolute Gasteiger partial charge is 0.418 e. The van der Waals surface area contributed by atoms with E-state index >= 15 is 0 Å². The molecule has 33 heavy (non-hydrogen) atoms. The molecular formula is C19H13BrF6N2O5. The molecular weight excluding hydrogens is 530 g/mol. The van der Waals surface area contributed by atoms with Crippen molar-refractivity contribution in [2.45, 2.75) is 31.0 Å². The molecule has 0 aliphatic carbocycles. The maximum Gasteiger partial charge on any atom is 0.418 e. The van der Waals surface area contributed by atoms with Gasteiger partial charge in [0, 0.05) is 18.2 Å². The van der Waals surface area contributed by atoms with Gasteiger partial charge in [0.05, 0.1) is 23.2 Å². The van der Waals surface area contributed by atoms with Crippen LogP contribution in [-0.4, -0.2) is 42.1 Å². The third kappa shape index (κ3) is 3.94. The second-order valence-electron chi connectivity index (χ2n) is 7.16. The minimum absolute atomic E-state index is 0.0122. The SMILES string of the molecule is O=C(O)[C@@H]1OCC2(CCOc3c2ccc(Br)c3F)N1c1ncc(C(F)(F)F)cc1OC(F)F. The van der Waals surface area contributed by atoms with Gasteiger partial charge in [0.2, 0.25) is 6.23 Å². The fraction of sp³-hybridized carbons (Fsp3) is 0.368. The van der Waals surface area contributed by atoms with Crippen molar-refractivity contribution in [2.75, 3.05) is 18.1 Å². The van der Waals surface area contributed by atoms with Crippen LogP contribution in [0.3, 0.4) is 0 Å². The number of pyridine rings is 1. The predicted molar refractivity (Wildman–Crippen MR) is 102 cm³/mol. The van der Waals surface area contributed by atoms with E-state index in [0.717, 1.165) is 4.90 Å². The average molecular weight is 543 g/mol. The third-order valence-corrected chi connectivity index (χ3v) is 5.92. The van der Waals surface area contributed by atoms with Gasteiger partial charge in [-0.2, -0.15) is 22.0 Å². The number of aromatic nitrogens is 1. The zero-order chi connectivity index (χ0) is 24.1. The van der Waals surface area contributed by atoms with Crippen molar-refractivity contribution in [2.24, 2.45) is 0 Å². The standard InChI is InChI=1S/C19H13BrF6N2O5/c20-10-2-1-9-13(12(10)21)31-4-3-18(9)7-32-15(16(29)30)28(18)14-11(33-17(22)23)5-8(6-27-14)19(24,25)26/h1-2,5-6,15,17H,3-4,7H2,(H,29,30)/t15-,18?/m0/s1. The van der Waals surface area contributed by atoms with Crippen LogP contribution in [-0.2, 0) is 21.2 Å². The summed E-state index contributed by atoms with van der Waals surface area (Å²) in [5, 5.41) is 9.69. The fourth-order valence-electron chi connectivity index (χ4n) is 3.93. The van der Waals surface area contributed by atoms with Crippen LogP contribution in [0.1, 0.15) is 17.5 Å².